The van der Waals surface area contributed by atoms with Gasteiger partial charge in [0.25, 0.3) is 0 Å². The maximum absolute atomic E-state index is 13.3. The Morgan fingerprint density at radius 1 is 1.43 bits per heavy atom. The monoisotopic (exact) mass is 318 g/mol. The number of benzene rings is 1. The minimum Gasteiger partial charge on any atom is -0.444 e. The van der Waals surface area contributed by atoms with Gasteiger partial charge in [0, 0.05) is 17.8 Å². The van der Waals surface area contributed by atoms with Crippen molar-refractivity contribution in [1.29, 1.82) is 0 Å². The van der Waals surface area contributed by atoms with Crippen molar-refractivity contribution in [3.63, 3.8) is 0 Å². The number of hydrogen-bond donors (Lipinski definition) is 2. The normalized spacial score (nSPS) is 11.3. The van der Waals surface area contributed by atoms with Gasteiger partial charge in [0.05, 0.1) is 18.2 Å². The molecule has 0 unspecified atom stereocenters. The molecule has 1 aromatic rings. The third-order valence-corrected chi connectivity index (χ3v) is 2.64. The second kappa shape index (κ2) is 7.47. The van der Waals surface area contributed by atoms with E-state index >= 15 is 0 Å². The first-order chi connectivity index (χ1) is 9.69. The molecule has 0 saturated heterocycles. The first-order valence-corrected chi connectivity index (χ1v) is 6.85. The van der Waals surface area contributed by atoms with Gasteiger partial charge in [-0.15, -0.1) is 0 Å². The highest BCUT2D eigenvalue weighted by atomic mass is 35.5. The van der Waals surface area contributed by atoms with Crippen LogP contribution in [0.25, 0.3) is 0 Å². The molecule has 0 aliphatic heterocycles. The van der Waals surface area contributed by atoms with Gasteiger partial charge in [0.1, 0.15) is 11.4 Å². The molecule has 0 saturated carbocycles. The third kappa shape index (κ3) is 6.64. The molecular weight excluding hydrogens is 299 g/mol. The summed E-state index contributed by atoms with van der Waals surface area (Å²) in [5, 5.41) is 2.52. The van der Waals surface area contributed by atoms with Crippen molar-refractivity contribution >= 4 is 23.4 Å². The van der Waals surface area contributed by atoms with Crippen molar-refractivity contribution in [1.82, 2.24) is 5.32 Å². The topological polar surface area (TPSA) is 73.6 Å². The number of nitrogens with two attached hydrogens (primary N) is 1. The summed E-state index contributed by atoms with van der Waals surface area (Å²) < 4.78 is 23.7. The van der Waals surface area contributed by atoms with E-state index in [1.165, 1.54) is 12.1 Å². The third-order valence-electron chi connectivity index (χ3n) is 2.35. The molecule has 0 aliphatic carbocycles. The van der Waals surface area contributed by atoms with Gasteiger partial charge in [-0.25, -0.2) is 9.18 Å². The van der Waals surface area contributed by atoms with Crippen LogP contribution in [0, 0.1) is 5.82 Å². The Morgan fingerprint density at radius 2 is 2.10 bits per heavy atom. The zero-order valence-electron chi connectivity index (χ0n) is 12.3. The molecule has 0 spiro atoms. The number of nitrogen functional groups attached to an aromatic ring is 1. The number of halogens is 2. The van der Waals surface area contributed by atoms with Gasteiger partial charge >= 0.3 is 6.09 Å². The van der Waals surface area contributed by atoms with Crippen molar-refractivity contribution in [2.75, 3.05) is 18.9 Å². The number of alkyl carbamates (subject to hydrolysis) is 1. The van der Waals surface area contributed by atoms with E-state index in [1.807, 2.05) is 0 Å². The van der Waals surface area contributed by atoms with Crippen LogP contribution in [0.4, 0.5) is 14.9 Å². The Kier molecular flexibility index (Phi) is 6.23. The average Bonchev–Trinajstić information content (AvgIpc) is 2.32. The maximum Gasteiger partial charge on any atom is 0.407 e. The molecule has 0 bridgehead atoms. The molecule has 1 aromatic carbocycles. The van der Waals surface area contributed by atoms with Gasteiger partial charge in [-0.3, -0.25) is 0 Å². The van der Waals surface area contributed by atoms with Gasteiger partial charge in [-0.05, 0) is 32.9 Å². The number of nitrogens with one attached hydrogen (secondary N) is 1. The predicted molar refractivity (Wildman–Crippen MR) is 79.7 cm³/mol. The smallest absolute Gasteiger partial charge is 0.407 e. The second-order valence-electron chi connectivity index (χ2n) is 5.45. The Labute approximate surface area is 128 Å². The number of carbonyl (C=O) groups is 1. The highest BCUT2D eigenvalue weighted by Crippen LogP contribution is 2.22. The quantitative estimate of drug-likeness (QED) is 0.646. The largest absolute Gasteiger partial charge is 0.444 e. The lowest BCUT2D eigenvalue weighted by Crippen LogP contribution is -2.34. The van der Waals surface area contributed by atoms with Gasteiger partial charge in [0.2, 0.25) is 0 Å². The van der Waals surface area contributed by atoms with Crippen LogP contribution >= 0.6 is 11.6 Å². The molecule has 21 heavy (non-hydrogen) atoms. The number of amides is 1. The number of anilines is 1. The molecule has 7 heteroatoms. The van der Waals surface area contributed by atoms with Crippen molar-refractivity contribution in [2.24, 2.45) is 0 Å². The van der Waals surface area contributed by atoms with Crippen molar-refractivity contribution < 1.29 is 18.7 Å². The predicted octanol–water partition coefficient (Wildman–Crippen LogP) is 3.10. The molecule has 1 rings (SSSR count). The van der Waals surface area contributed by atoms with E-state index in [0.717, 1.165) is 0 Å². The molecular formula is C14H20ClFN2O3. The van der Waals surface area contributed by atoms with Crippen LogP contribution in [0.2, 0.25) is 5.02 Å². The average molecular weight is 319 g/mol. The molecule has 5 nitrogen and oxygen atoms in total. The number of rotatable bonds is 5. The number of ether oxygens (including phenoxy) is 2. The van der Waals surface area contributed by atoms with Crippen LogP contribution in [-0.4, -0.2) is 24.8 Å². The van der Waals surface area contributed by atoms with Gasteiger partial charge in [-0.1, -0.05) is 11.6 Å². The summed E-state index contributed by atoms with van der Waals surface area (Å²) in [4.78, 5) is 11.4. The lowest BCUT2D eigenvalue weighted by atomic mass is 10.2. The lowest BCUT2D eigenvalue weighted by molar-refractivity contribution is 0.0494. The number of carbonyl (C=O) groups excluding carboxylic acids is 1. The molecule has 0 fully saturated rings. The first kappa shape index (κ1) is 17.5. The zero-order chi connectivity index (χ0) is 16.0. The summed E-state index contributed by atoms with van der Waals surface area (Å²) in [7, 11) is 0. The molecule has 3 N–H and O–H groups in total. The molecule has 118 valence electrons. The zero-order valence-corrected chi connectivity index (χ0v) is 13.1. The van der Waals surface area contributed by atoms with Crippen LogP contribution in [0.3, 0.4) is 0 Å². The summed E-state index contributed by atoms with van der Waals surface area (Å²) >= 11 is 5.60. The summed E-state index contributed by atoms with van der Waals surface area (Å²) in [5.74, 6) is -0.545. The molecule has 0 atom stereocenters. The van der Waals surface area contributed by atoms with E-state index in [2.05, 4.69) is 5.32 Å². The fourth-order valence-electron chi connectivity index (χ4n) is 1.45. The molecule has 0 aromatic heterocycles. The Hall–Kier alpha value is -1.53. The highest BCUT2D eigenvalue weighted by molar-refractivity contribution is 6.31. The molecule has 1 amide bonds. The summed E-state index contributed by atoms with van der Waals surface area (Å²) in [6.07, 6.45) is -0.511. The van der Waals surface area contributed by atoms with Crippen molar-refractivity contribution in [3.05, 3.63) is 28.5 Å². The molecule has 0 aliphatic rings. The Balaban J connectivity index is 2.29. The lowest BCUT2D eigenvalue weighted by Gasteiger charge is -2.19. The van der Waals surface area contributed by atoms with Gasteiger partial charge in [-0.2, -0.15) is 0 Å². The van der Waals surface area contributed by atoms with Gasteiger partial charge in [0.15, 0.2) is 0 Å². The number of hydrogen-bond acceptors (Lipinski definition) is 4. The van der Waals surface area contributed by atoms with E-state index in [-0.39, 0.29) is 24.8 Å². The van der Waals surface area contributed by atoms with E-state index in [1.54, 1.807) is 20.8 Å². The van der Waals surface area contributed by atoms with Crippen LogP contribution in [0.5, 0.6) is 0 Å². The highest BCUT2D eigenvalue weighted by Gasteiger charge is 2.15. The maximum atomic E-state index is 13.3. The summed E-state index contributed by atoms with van der Waals surface area (Å²) in [6, 6.07) is 2.58. The van der Waals surface area contributed by atoms with Crippen LogP contribution in [-0.2, 0) is 16.1 Å². The fourth-order valence-corrected chi connectivity index (χ4v) is 1.62. The first-order valence-electron chi connectivity index (χ1n) is 6.47. The van der Waals surface area contributed by atoms with Gasteiger partial charge < -0.3 is 20.5 Å². The molecule has 0 radical (unpaired) electrons. The fraction of sp³-hybridized carbons (Fsp3) is 0.500. The van der Waals surface area contributed by atoms with E-state index in [9.17, 15) is 9.18 Å². The second-order valence-corrected chi connectivity index (χ2v) is 5.85. The minimum atomic E-state index is -0.545. The van der Waals surface area contributed by atoms with E-state index in [0.29, 0.717) is 11.3 Å². The van der Waals surface area contributed by atoms with E-state index in [4.69, 9.17) is 26.8 Å². The Morgan fingerprint density at radius 3 is 2.71 bits per heavy atom. The van der Waals surface area contributed by atoms with Crippen LogP contribution < -0.4 is 11.1 Å². The summed E-state index contributed by atoms with van der Waals surface area (Å²) in [6.45, 7) is 6.01. The van der Waals surface area contributed by atoms with Crippen molar-refractivity contribution in [3.8, 4) is 0 Å². The Bertz CT molecular complexity index is 504. The van der Waals surface area contributed by atoms with Crippen LogP contribution in [0.1, 0.15) is 26.3 Å². The minimum absolute atomic E-state index is 0.0251. The van der Waals surface area contributed by atoms with Crippen LogP contribution in [0.15, 0.2) is 12.1 Å². The SMILES string of the molecule is CC(C)(C)OC(=O)NCCOCc1cc(F)c(Cl)cc1N. The molecule has 0 heterocycles. The summed E-state index contributed by atoms with van der Waals surface area (Å²) in [5.41, 5.74) is 6.03. The standard InChI is InChI=1S/C14H20ClFN2O3/c1-14(2,3)21-13(19)18-4-5-20-8-9-6-11(16)10(15)7-12(9)17/h6-7H,4-5,8,17H2,1-3H3,(H,18,19). The van der Waals surface area contributed by atoms with Crippen molar-refractivity contribution in [2.45, 2.75) is 33.0 Å². The van der Waals surface area contributed by atoms with E-state index < -0.39 is 17.5 Å².